The standard InChI is InChI=1S/C13H8ClFN4/c14-8-2-1-3-9(4-8)19-13-10-5-12(15)16-6-11(10)17-7-18-13/h1-7H,(H,17,18,19). The molecule has 0 fully saturated rings. The summed E-state index contributed by atoms with van der Waals surface area (Å²) in [5.74, 6) is -0.0648. The lowest BCUT2D eigenvalue weighted by Gasteiger charge is -2.08. The van der Waals surface area contributed by atoms with Crippen molar-refractivity contribution in [3.8, 4) is 0 Å². The van der Waals surface area contributed by atoms with Gasteiger partial charge in [-0.15, -0.1) is 0 Å². The maximum absolute atomic E-state index is 13.2. The van der Waals surface area contributed by atoms with Gasteiger partial charge in [0.05, 0.1) is 11.7 Å². The second-order valence-corrected chi connectivity index (χ2v) is 4.32. The second-order valence-electron chi connectivity index (χ2n) is 3.88. The van der Waals surface area contributed by atoms with Gasteiger partial charge in [0, 0.05) is 22.2 Å². The lowest BCUT2D eigenvalue weighted by molar-refractivity contribution is 0.586. The van der Waals surface area contributed by atoms with Crippen molar-refractivity contribution >= 4 is 34.0 Å². The highest BCUT2D eigenvalue weighted by Crippen LogP contribution is 2.24. The number of rotatable bonds is 2. The normalized spacial score (nSPS) is 10.6. The van der Waals surface area contributed by atoms with E-state index in [0.717, 1.165) is 5.69 Å². The quantitative estimate of drug-likeness (QED) is 0.726. The first kappa shape index (κ1) is 11.8. The summed E-state index contributed by atoms with van der Waals surface area (Å²) in [6.07, 6.45) is 2.77. The maximum Gasteiger partial charge on any atom is 0.213 e. The predicted octanol–water partition coefficient (Wildman–Crippen LogP) is 3.56. The molecule has 6 heteroatoms. The van der Waals surface area contributed by atoms with Crippen LogP contribution in [0.25, 0.3) is 10.9 Å². The van der Waals surface area contributed by atoms with Crippen LogP contribution in [-0.2, 0) is 0 Å². The van der Waals surface area contributed by atoms with Crippen molar-refractivity contribution in [3.05, 3.63) is 53.8 Å². The van der Waals surface area contributed by atoms with Gasteiger partial charge in [-0.05, 0) is 18.2 Å². The molecule has 1 aromatic carbocycles. The Kier molecular flexibility index (Phi) is 2.97. The summed E-state index contributed by atoms with van der Waals surface area (Å²) in [5, 5.41) is 4.26. The molecule has 0 unspecified atom stereocenters. The van der Waals surface area contributed by atoms with Gasteiger partial charge < -0.3 is 5.32 Å². The minimum atomic E-state index is -0.573. The Hall–Kier alpha value is -2.27. The highest BCUT2D eigenvalue weighted by Gasteiger charge is 2.06. The van der Waals surface area contributed by atoms with Gasteiger partial charge in [-0.25, -0.2) is 15.0 Å². The summed E-state index contributed by atoms with van der Waals surface area (Å²) in [7, 11) is 0. The topological polar surface area (TPSA) is 50.7 Å². The van der Waals surface area contributed by atoms with E-state index in [4.69, 9.17) is 11.6 Å². The number of benzene rings is 1. The van der Waals surface area contributed by atoms with E-state index in [9.17, 15) is 4.39 Å². The fraction of sp³-hybridized carbons (Fsp3) is 0. The van der Waals surface area contributed by atoms with Crippen molar-refractivity contribution in [1.29, 1.82) is 0 Å². The van der Waals surface area contributed by atoms with Crippen LogP contribution in [0.4, 0.5) is 15.9 Å². The zero-order valence-electron chi connectivity index (χ0n) is 9.64. The van der Waals surface area contributed by atoms with Gasteiger partial charge in [0.2, 0.25) is 5.95 Å². The summed E-state index contributed by atoms with van der Waals surface area (Å²) >= 11 is 5.91. The van der Waals surface area contributed by atoms with Crippen molar-refractivity contribution < 1.29 is 4.39 Å². The Bertz CT molecular complexity index is 748. The fourth-order valence-corrected chi connectivity index (χ4v) is 1.93. The summed E-state index contributed by atoms with van der Waals surface area (Å²) < 4.78 is 13.2. The number of fused-ring (bicyclic) bond motifs is 1. The van der Waals surface area contributed by atoms with Crippen LogP contribution in [0.15, 0.2) is 42.9 Å². The maximum atomic E-state index is 13.2. The van der Waals surface area contributed by atoms with Crippen molar-refractivity contribution in [2.75, 3.05) is 5.32 Å². The molecule has 94 valence electrons. The molecule has 4 nitrogen and oxygen atoms in total. The Balaban J connectivity index is 2.07. The largest absolute Gasteiger partial charge is 0.340 e. The van der Waals surface area contributed by atoms with Crippen molar-refractivity contribution in [3.63, 3.8) is 0 Å². The first-order valence-corrected chi connectivity index (χ1v) is 5.89. The molecular formula is C13H8ClFN4. The number of nitrogens with zero attached hydrogens (tertiary/aromatic N) is 3. The smallest absolute Gasteiger partial charge is 0.213 e. The molecule has 0 saturated carbocycles. The molecule has 0 bridgehead atoms. The zero-order chi connectivity index (χ0) is 13.2. The third-order valence-corrected chi connectivity index (χ3v) is 2.81. The van der Waals surface area contributed by atoms with Crippen LogP contribution < -0.4 is 5.32 Å². The van der Waals surface area contributed by atoms with Crippen molar-refractivity contribution in [1.82, 2.24) is 15.0 Å². The van der Waals surface area contributed by atoms with Crippen LogP contribution in [0, 0.1) is 5.95 Å². The van der Waals surface area contributed by atoms with E-state index in [1.807, 2.05) is 12.1 Å². The van der Waals surface area contributed by atoms with Crippen molar-refractivity contribution in [2.24, 2.45) is 0 Å². The molecule has 2 aromatic heterocycles. The van der Waals surface area contributed by atoms with Crippen molar-refractivity contribution in [2.45, 2.75) is 0 Å². The molecule has 0 amide bonds. The summed E-state index contributed by atoms with van der Waals surface area (Å²) in [6.45, 7) is 0. The summed E-state index contributed by atoms with van der Waals surface area (Å²) in [6, 6.07) is 8.48. The molecule has 19 heavy (non-hydrogen) atoms. The third kappa shape index (κ3) is 2.46. The average molecular weight is 275 g/mol. The van der Waals surface area contributed by atoms with Gasteiger partial charge in [0.1, 0.15) is 12.1 Å². The van der Waals surface area contributed by atoms with Gasteiger partial charge in [-0.3, -0.25) is 0 Å². The SMILES string of the molecule is Fc1cc2c(Nc3cccc(Cl)c3)ncnc2cn1. The van der Waals surface area contributed by atoms with Gasteiger partial charge >= 0.3 is 0 Å². The first-order chi connectivity index (χ1) is 9.22. The lowest BCUT2D eigenvalue weighted by Crippen LogP contribution is -1.97. The number of anilines is 2. The molecule has 3 aromatic rings. The van der Waals surface area contributed by atoms with E-state index in [-0.39, 0.29) is 0 Å². The highest BCUT2D eigenvalue weighted by atomic mass is 35.5. The predicted molar refractivity (Wildman–Crippen MR) is 72.0 cm³/mol. The van der Waals surface area contributed by atoms with E-state index in [1.165, 1.54) is 18.6 Å². The van der Waals surface area contributed by atoms with E-state index in [0.29, 0.717) is 21.7 Å². The fourth-order valence-electron chi connectivity index (χ4n) is 1.74. The average Bonchev–Trinajstić information content (AvgIpc) is 2.39. The molecule has 3 rings (SSSR count). The van der Waals surface area contributed by atoms with Crippen LogP contribution >= 0.6 is 11.6 Å². The number of hydrogen-bond acceptors (Lipinski definition) is 4. The van der Waals surface area contributed by atoms with Gasteiger partial charge in [0.25, 0.3) is 0 Å². The molecule has 2 heterocycles. The third-order valence-electron chi connectivity index (χ3n) is 2.58. The minimum Gasteiger partial charge on any atom is -0.340 e. The molecule has 0 atom stereocenters. The Morgan fingerprint density at radius 1 is 1.11 bits per heavy atom. The second kappa shape index (κ2) is 4.78. The number of nitrogens with one attached hydrogen (secondary N) is 1. The Morgan fingerprint density at radius 3 is 2.84 bits per heavy atom. The van der Waals surface area contributed by atoms with E-state index in [2.05, 4.69) is 20.3 Å². The van der Waals surface area contributed by atoms with Gasteiger partial charge in [0.15, 0.2) is 0 Å². The van der Waals surface area contributed by atoms with Crippen LogP contribution in [0.2, 0.25) is 5.02 Å². The summed E-state index contributed by atoms with van der Waals surface area (Å²) in [5.41, 5.74) is 1.34. The number of hydrogen-bond donors (Lipinski definition) is 1. The minimum absolute atomic E-state index is 0.508. The first-order valence-electron chi connectivity index (χ1n) is 5.51. The monoisotopic (exact) mass is 274 g/mol. The molecule has 0 saturated heterocycles. The van der Waals surface area contributed by atoms with Gasteiger partial charge in [-0.2, -0.15) is 4.39 Å². The molecule has 0 aliphatic heterocycles. The highest BCUT2D eigenvalue weighted by molar-refractivity contribution is 6.30. The van der Waals surface area contributed by atoms with E-state index < -0.39 is 5.95 Å². The summed E-state index contributed by atoms with van der Waals surface area (Å²) in [4.78, 5) is 11.7. The number of halogens is 2. The Labute approximate surface area is 113 Å². The lowest BCUT2D eigenvalue weighted by atomic mass is 10.2. The van der Waals surface area contributed by atoms with Crippen LogP contribution in [0.3, 0.4) is 0 Å². The molecule has 0 spiro atoms. The molecule has 1 N–H and O–H groups in total. The van der Waals surface area contributed by atoms with E-state index in [1.54, 1.807) is 12.1 Å². The van der Waals surface area contributed by atoms with Gasteiger partial charge in [-0.1, -0.05) is 17.7 Å². The molecule has 0 radical (unpaired) electrons. The van der Waals surface area contributed by atoms with Crippen LogP contribution in [-0.4, -0.2) is 15.0 Å². The number of pyridine rings is 1. The van der Waals surface area contributed by atoms with Crippen LogP contribution in [0.1, 0.15) is 0 Å². The Morgan fingerprint density at radius 2 is 2.00 bits per heavy atom. The molecule has 0 aliphatic rings. The zero-order valence-corrected chi connectivity index (χ0v) is 10.4. The van der Waals surface area contributed by atoms with Crippen LogP contribution in [0.5, 0.6) is 0 Å². The number of aromatic nitrogens is 3. The molecule has 0 aliphatic carbocycles. The van der Waals surface area contributed by atoms with E-state index >= 15 is 0 Å². The molecular weight excluding hydrogens is 267 g/mol.